The number of aromatic nitrogens is 1. The Kier molecular flexibility index (Phi) is 5.04. The second-order valence-corrected chi connectivity index (χ2v) is 7.28. The largest absolute Gasteiger partial charge is 0.441 e. The topological polar surface area (TPSA) is 61.6 Å². The molecular formula is C20H26N4O2. The van der Waals surface area contributed by atoms with Gasteiger partial charge in [-0.15, -0.1) is 0 Å². The van der Waals surface area contributed by atoms with Gasteiger partial charge in [0.15, 0.2) is 0 Å². The normalized spacial score (nSPS) is 18.8. The minimum Gasteiger partial charge on any atom is -0.441 e. The van der Waals surface area contributed by atoms with Gasteiger partial charge in [0.1, 0.15) is 5.76 Å². The van der Waals surface area contributed by atoms with E-state index < -0.39 is 0 Å². The lowest BCUT2D eigenvalue weighted by atomic mass is 10.2. The fourth-order valence-corrected chi connectivity index (χ4v) is 3.30. The molecule has 1 N–H and O–H groups in total. The Balaban J connectivity index is 1.29. The molecule has 0 atom stereocenters. The highest BCUT2D eigenvalue weighted by Crippen LogP contribution is 2.22. The maximum Gasteiger partial charge on any atom is 0.234 e. The van der Waals surface area contributed by atoms with Crippen molar-refractivity contribution in [2.45, 2.75) is 32.4 Å². The minimum atomic E-state index is 0.167. The summed E-state index contributed by atoms with van der Waals surface area (Å²) in [7, 11) is 0. The van der Waals surface area contributed by atoms with Gasteiger partial charge in [0.25, 0.3) is 0 Å². The highest BCUT2D eigenvalue weighted by Gasteiger charge is 2.25. The van der Waals surface area contributed by atoms with Crippen molar-refractivity contribution >= 4 is 5.91 Å². The summed E-state index contributed by atoms with van der Waals surface area (Å²) >= 11 is 0. The van der Waals surface area contributed by atoms with Crippen molar-refractivity contribution in [1.29, 1.82) is 0 Å². The zero-order valence-corrected chi connectivity index (χ0v) is 15.3. The molecule has 1 aromatic carbocycles. The summed E-state index contributed by atoms with van der Waals surface area (Å²) in [5, 5.41) is 3.06. The highest BCUT2D eigenvalue weighted by molar-refractivity contribution is 5.78. The number of amides is 1. The van der Waals surface area contributed by atoms with Crippen LogP contribution in [-0.4, -0.2) is 59.5 Å². The minimum absolute atomic E-state index is 0.167. The molecule has 0 radical (unpaired) electrons. The summed E-state index contributed by atoms with van der Waals surface area (Å²) in [6.07, 6.45) is 2.28. The van der Waals surface area contributed by atoms with E-state index >= 15 is 0 Å². The van der Waals surface area contributed by atoms with E-state index in [9.17, 15) is 4.79 Å². The van der Waals surface area contributed by atoms with Gasteiger partial charge in [0.05, 0.1) is 12.2 Å². The molecule has 1 saturated heterocycles. The van der Waals surface area contributed by atoms with Crippen LogP contribution in [0.2, 0.25) is 0 Å². The number of benzene rings is 1. The second kappa shape index (κ2) is 7.60. The molecule has 6 nitrogen and oxygen atoms in total. The number of carbonyl (C=O) groups is 1. The van der Waals surface area contributed by atoms with E-state index in [1.54, 1.807) is 0 Å². The van der Waals surface area contributed by atoms with Gasteiger partial charge in [-0.1, -0.05) is 18.2 Å². The summed E-state index contributed by atoms with van der Waals surface area (Å²) in [6.45, 7) is 7.03. The summed E-state index contributed by atoms with van der Waals surface area (Å²) in [4.78, 5) is 21.2. The lowest BCUT2D eigenvalue weighted by Crippen LogP contribution is -2.49. The van der Waals surface area contributed by atoms with E-state index in [1.165, 1.54) is 0 Å². The first-order valence-corrected chi connectivity index (χ1v) is 9.43. The fraction of sp³-hybridized carbons (Fsp3) is 0.500. The van der Waals surface area contributed by atoms with Crippen LogP contribution < -0.4 is 5.32 Å². The number of oxazole rings is 1. The van der Waals surface area contributed by atoms with Gasteiger partial charge < -0.3 is 9.73 Å². The van der Waals surface area contributed by atoms with Crippen molar-refractivity contribution in [2.24, 2.45) is 0 Å². The Bertz CT molecular complexity index is 746. The number of hydrogen-bond acceptors (Lipinski definition) is 5. The summed E-state index contributed by atoms with van der Waals surface area (Å²) < 4.78 is 5.86. The smallest absolute Gasteiger partial charge is 0.234 e. The lowest BCUT2D eigenvalue weighted by molar-refractivity contribution is -0.122. The number of carbonyl (C=O) groups excluding carboxylic acids is 1. The Hall–Kier alpha value is -2.18. The fourth-order valence-electron chi connectivity index (χ4n) is 3.30. The van der Waals surface area contributed by atoms with Crippen LogP contribution in [0.25, 0.3) is 11.5 Å². The first kappa shape index (κ1) is 17.2. The molecule has 1 amide bonds. The standard InChI is InChI=1S/C20H26N4O2/c1-15-18(22-20(26-15)16-5-3-2-4-6-16)13-23-9-11-24(12-10-23)14-19(25)21-17-7-8-17/h2-6,17H,7-14H2,1H3,(H,21,25). The van der Waals surface area contributed by atoms with Gasteiger partial charge >= 0.3 is 0 Å². The Morgan fingerprint density at radius 1 is 1.15 bits per heavy atom. The molecule has 2 heterocycles. The average molecular weight is 354 g/mol. The third-order valence-corrected chi connectivity index (χ3v) is 5.06. The van der Waals surface area contributed by atoms with Crippen LogP contribution in [0.1, 0.15) is 24.3 Å². The third kappa shape index (κ3) is 4.31. The Morgan fingerprint density at radius 2 is 1.85 bits per heavy atom. The van der Waals surface area contributed by atoms with E-state index in [2.05, 4.69) is 15.1 Å². The molecule has 0 spiro atoms. The van der Waals surface area contributed by atoms with Crippen molar-refractivity contribution in [3.8, 4) is 11.5 Å². The van der Waals surface area contributed by atoms with Crippen molar-refractivity contribution in [1.82, 2.24) is 20.1 Å². The number of nitrogens with one attached hydrogen (secondary N) is 1. The SMILES string of the molecule is Cc1oc(-c2ccccc2)nc1CN1CCN(CC(=O)NC2CC2)CC1. The van der Waals surface area contributed by atoms with E-state index in [-0.39, 0.29) is 5.91 Å². The van der Waals surface area contributed by atoms with Gasteiger partial charge in [-0.3, -0.25) is 14.6 Å². The molecule has 2 aromatic rings. The molecule has 26 heavy (non-hydrogen) atoms. The zero-order valence-electron chi connectivity index (χ0n) is 15.3. The van der Waals surface area contributed by atoms with Crippen molar-refractivity contribution in [3.05, 3.63) is 41.8 Å². The molecule has 0 unspecified atom stereocenters. The third-order valence-electron chi connectivity index (χ3n) is 5.06. The molecule has 2 fully saturated rings. The highest BCUT2D eigenvalue weighted by atomic mass is 16.4. The number of aryl methyl sites for hydroxylation is 1. The molecule has 1 aliphatic heterocycles. The van der Waals surface area contributed by atoms with Crippen molar-refractivity contribution in [3.63, 3.8) is 0 Å². The number of hydrogen-bond donors (Lipinski definition) is 1. The average Bonchev–Trinajstić information content (AvgIpc) is 3.39. The predicted molar refractivity (Wildman–Crippen MR) is 99.6 cm³/mol. The van der Waals surface area contributed by atoms with Crippen LogP contribution in [0, 0.1) is 6.92 Å². The molecule has 1 aromatic heterocycles. The Morgan fingerprint density at radius 3 is 2.54 bits per heavy atom. The summed E-state index contributed by atoms with van der Waals surface area (Å²) in [5.41, 5.74) is 2.01. The van der Waals surface area contributed by atoms with E-state index in [0.29, 0.717) is 18.5 Å². The molecule has 2 aliphatic rings. The molecule has 1 aliphatic carbocycles. The van der Waals surface area contributed by atoms with Crippen LogP contribution in [0.4, 0.5) is 0 Å². The molecular weight excluding hydrogens is 328 g/mol. The number of rotatable bonds is 6. The van der Waals surface area contributed by atoms with E-state index in [1.807, 2.05) is 37.3 Å². The van der Waals surface area contributed by atoms with Crippen LogP contribution in [0.15, 0.2) is 34.7 Å². The van der Waals surface area contributed by atoms with Gasteiger partial charge in [0, 0.05) is 44.3 Å². The lowest BCUT2D eigenvalue weighted by Gasteiger charge is -2.33. The van der Waals surface area contributed by atoms with Gasteiger partial charge in [-0.05, 0) is 31.9 Å². The van der Waals surface area contributed by atoms with Crippen LogP contribution in [0.3, 0.4) is 0 Å². The maximum absolute atomic E-state index is 11.9. The number of nitrogens with zero attached hydrogens (tertiary/aromatic N) is 3. The van der Waals surface area contributed by atoms with E-state index in [4.69, 9.17) is 9.40 Å². The van der Waals surface area contributed by atoms with Crippen molar-refractivity contribution in [2.75, 3.05) is 32.7 Å². The van der Waals surface area contributed by atoms with Gasteiger partial charge in [-0.25, -0.2) is 4.98 Å². The first-order valence-electron chi connectivity index (χ1n) is 9.43. The van der Waals surface area contributed by atoms with Crippen molar-refractivity contribution < 1.29 is 9.21 Å². The Labute approximate surface area is 154 Å². The first-order chi connectivity index (χ1) is 12.7. The molecule has 6 heteroatoms. The monoisotopic (exact) mass is 354 g/mol. The summed E-state index contributed by atoms with van der Waals surface area (Å²) in [5.74, 6) is 1.74. The van der Waals surface area contributed by atoms with E-state index in [0.717, 1.165) is 62.6 Å². The van der Waals surface area contributed by atoms with Crippen LogP contribution in [-0.2, 0) is 11.3 Å². The van der Waals surface area contributed by atoms with Gasteiger partial charge in [-0.2, -0.15) is 0 Å². The second-order valence-electron chi connectivity index (χ2n) is 7.28. The molecule has 4 rings (SSSR count). The van der Waals surface area contributed by atoms with Crippen LogP contribution in [0.5, 0.6) is 0 Å². The summed E-state index contributed by atoms with van der Waals surface area (Å²) in [6, 6.07) is 10.4. The molecule has 138 valence electrons. The van der Waals surface area contributed by atoms with Crippen LogP contribution >= 0.6 is 0 Å². The molecule has 0 bridgehead atoms. The zero-order chi connectivity index (χ0) is 17.9. The number of piperazine rings is 1. The maximum atomic E-state index is 11.9. The van der Waals surface area contributed by atoms with Gasteiger partial charge in [0.2, 0.25) is 11.8 Å². The predicted octanol–water partition coefficient (Wildman–Crippen LogP) is 2.05. The molecule has 1 saturated carbocycles. The quantitative estimate of drug-likeness (QED) is 0.860.